The summed E-state index contributed by atoms with van der Waals surface area (Å²) in [6.45, 7) is 5.84. The lowest BCUT2D eigenvalue weighted by Gasteiger charge is -2.45. The van der Waals surface area contributed by atoms with Crippen LogP contribution >= 0.6 is 11.8 Å². The fourth-order valence-electron chi connectivity index (χ4n) is 10.5. The summed E-state index contributed by atoms with van der Waals surface area (Å²) in [6, 6.07) is 9.97. The highest BCUT2D eigenvalue weighted by Gasteiger charge is 2.48. The van der Waals surface area contributed by atoms with E-state index >= 15 is 4.79 Å². The number of carbonyl (C=O) groups excluding carboxylic acids is 8. The van der Waals surface area contributed by atoms with E-state index in [0.29, 0.717) is 28.9 Å². The van der Waals surface area contributed by atoms with Gasteiger partial charge in [-0.25, -0.2) is 9.78 Å². The lowest BCUT2D eigenvalue weighted by Crippen LogP contribution is -2.63. The number of piperidine rings is 4. The fraction of sp³-hybridized carbons (Fsp3) is 0.510. The zero-order chi connectivity index (χ0) is 50.5. The van der Waals surface area contributed by atoms with Crippen LogP contribution in [0.3, 0.4) is 0 Å². The molecule has 19 nitrogen and oxygen atoms in total. The SMILES string of the molecule is CNc1ccc(C[C@H]2C(=O)N3C[C@@H](CS[C@@H]4CN5CCC4CC5)C(=O)C[C@H]3C(=O)N[C@@H](c3ccccc3)C(=O)O[C@H](C)[C@H](NC(=O)c3ncccc3O)C(=O)N[C@H](C)C(=O)N3CCC[C@H]3C(=O)N2C)cc1. The molecule has 0 unspecified atom stereocenters. The van der Waals surface area contributed by atoms with Crippen molar-refractivity contribution >= 4 is 64.6 Å². The van der Waals surface area contributed by atoms with Gasteiger partial charge in [0.2, 0.25) is 29.5 Å². The first kappa shape index (κ1) is 50.8. The second-order valence-corrected chi connectivity index (χ2v) is 20.5. The summed E-state index contributed by atoms with van der Waals surface area (Å²) in [5.74, 6) is -5.92. The minimum atomic E-state index is -1.69. The van der Waals surface area contributed by atoms with Crippen molar-refractivity contribution in [2.45, 2.75) is 100.0 Å². The number of ketones is 1. The first-order chi connectivity index (χ1) is 34.1. The van der Waals surface area contributed by atoms with Gasteiger partial charge in [-0.05, 0) is 93.9 Å². The molecule has 6 aliphatic heterocycles. The van der Waals surface area contributed by atoms with Gasteiger partial charge in [0.25, 0.3) is 5.91 Å². The molecule has 71 heavy (non-hydrogen) atoms. The summed E-state index contributed by atoms with van der Waals surface area (Å²) in [4.78, 5) is 127. The second kappa shape index (κ2) is 22.3. The molecule has 6 aliphatic rings. The Bertz CT molecular complexity index is 2490. The Balaban J connectivity index is 1.18. The number of fused-ring (bicyclic) bond motifs is 5. The Morgan fingerprint density at radius 2 is 1.56 bits per heavy atom. The topological polar surface area (TPSA) is 240 Å². The predicted octanol–water partition coefficient (Wildman–Crippen LogP) is 1.91. The van der Waals surface area contributed by atoms with Crippen molar-refractivity contribution in [1.82, 2.24) is 40.5 Å². The zero-order valence-electron chi connectivity index (χ0n) is 40.5. The molecule has 6 saturated heterocycles. The third kappa shape index (κ3) is 11.3. The van der Waals surface area contributed by atoms with Crippen molar-refractivity contribution in [1.29, 1.82) is 0 Å². The van der Waals surface area contributed by atoms with Gasteiger partial charge in [-0.1, -0.05) is 42.5 Å². The lowest BCUT2D eigenvalue weighted by atomic mass is 9.88. The first-order valence-corrected chi connectivity index (χ1v) is 25.5. The van der Waals surface area contributed by atoms with Crippen LogP contribution in [0.25, 0.3) is 0 Å². The Morgan fingerprint density at radius 3 is 2.24 bits per heavy atom. The summed E-state index contributed by atoms with van der Waals surface area (Å²) in [5.41, 5.74) is 1.38. The molecule has 1 aromatic heterocycles. The Labute approximate surface area is 417 Å². The second-order valence-electron chi connectivity index (χ2n) is 19.2. The third-order valence-electron chi connectivity index (χ3n) is 14.7. The van der Waals surface area contributed by atoms with Crippen LogP contribution in [0, 0.1) is 11.8 Å². The van der Waals surface area contributed by atoms with Gasteiger partial charge in [-0.15, -0.1) is 0 Å². The molecule has 2 aromatic carbocycles. The number of pyridine rings is 1. The highest BCUT2D eigenvalue weighted by molar-refractivity contribution is 8.00. The number of anilines is 1. The minimum absolute atomic E-state index is 0.0240. The maximum absolute atomic E-state index is 15.6. The van der Waals surface area contributed by atoms with E-state index in [4.69, 9.17) is 4.74 Å². The third-order valence-corrected chi connectivity index (χ3v) is 16.2. The van der Waals surface area contributed by atoms with Gasteiger partial charge >= 0.3 is 5.97 Å². The number of carbonyl (C=O) groups is 8. The van der Waals surface area contributed by atoms with Gasteiger partial charge in [-0.2, -0.15) is 11.8 Å². The van der Waals surface area contributed by atoms with Gasteiger partial charge in [0.05, 0.1) is 0 Å². The van der Waals surface area contributed by atoms with Crippen molar-refractivity contribution in [2.75, 3.05) is 57.9 Å². The number of benzene rings is 2. The molecule has 0 aliphatic carbocycles. The molecule has 9 atom stereocenters. The average molecular weight is 994 g/mol. The van der Waals surface area contributed by atoms with Crippen molar-refractivity contribution in [2.24, 2.45) is 11.8 Å². The largest absolute Gasteiger partial charge is 0.505 e. The average Bonchev–Trinajstić information content (AvgIpc) is 3.88. The number of thioether (sulfide) groups is 1. The van der Waals surface area contributed by atoms with E-state index in [0.717, 1.165) is 38.2 Å². The van der Waals surface area contributed by atoms with Crippen molar-refractivity contribution < 1.29 is 48.2 Å². The Kier molecular flexibility index (Phi) is 15.9. The molecule has 9 rings (SSSR count). The summed E-state index contributed by atoms with van der Waals surface area (Å²) >= 11 is 1.73. The van der Waals surface area contributed by atoms with Crippen molar-refractivity contribution in [3.63, 3.8) is 0 Å². The molecule has 0 spiro atoms. The summed E-state index contributed by atoms with van der Waals surface area (Å²) in [7, 11) is 3.28. The number of hydrogen-bond acceptors (Lipinski definition) is 14. The number of amides is 6. The van der Waals surface area contributed by atoms with Crippen LogP contribution in [-0.2, 0) is 44.7 Å². The first-order valence-electron chi connectivity index (χ1n) is 24.4. The number of ether oxygens (including phenoxy) is 1. The number of hydrogen-bond donors (Lipinski definition) is 5. The van der Waals surface area contributed by atoms with Crippen molar-refractivity contribution in [3.8, 4) is 5.75 Å². The molecule has 0 saturated carbocycles. The number of nitrogens with zero attached hydrogens (tertiary/aromatic N) is 5. The molecule has 3 aromatic rings. The molecule has 6 amide bonds. The van der Waals surface area contributed by atoms with E-state index in [1.165, 1.54) is 53.9 Å². The summed E-state index contributed by atoms with van der Waals surface area (Å²) < 4.78 is 5.93. The molecule has 6 fully saturated rings. The summed E-state index contributed by atoms with van der Waals surface area (Å²) in [6.07, 6.45) is 2.32. The molecule has 20 heteroatoms. The number of Topliss-reactive ketones (excluding diaryl/α,β-unsaturated/α-hetero) is 1. The van der Waals surface area contributed by atoms with Crippen LogP contribution in [0.1, 0.15) is 73.6 Å². The molecule has 7 heterocycles. The van der Waals surface area contributed by atoms with Gasteiger partial charge in [0.1, 0.15) is 47.8 Å². The van der Waals surface area contributed by atoms with E-state index in [1.807, 2.05) is 24.3 Å². The van der Waals surface area contributed by atoms with Gasteiger partial charge in [0, 0.05) is 75.4 Å². The van der Waals surface area contributed by atoms with E-state index in [1.54, 1.807) is 49.1 Å². The maximum Gasteiger partial charge on any atom is 0.333 e. The molecule has 378 valence electrons. The van der Waals surface area contributed by atoms with Crippen LogP contribution in [0.2, 0.25) is 0 Å². The quantitative estimate of drug-likeness (QED) is 0.193. The molecule has 0 radical (unpaired) electrons. The van der Waals surface area contributed by atoms with E-state index in [2.05, 4.69) is 31.2 Å². The smallest absolute Gasteiger partial charge is 0.333 e. The lowest BCUT2D eigenvalue weighted by molar-refractivity contribution is -0.157. The highest BCUT2D eigenvalue weighted by atomic mass is 32.2. The van der Waals surface area contributed by atoms with E-state index in [-0.39, 0.29) is 43.7 Å². The molecular weight excluding hydrogens is 931 g/mol. The number of aromatic nitrogens is 1. The highest BCUT2D eigenvalue weighted by Crippen LogP contribution is 2.37. The van der Waals surface area contributed by atoms with Crippen molar-refractivity contribution in [3.05, 3.63) is 89.7 Å². The number of aromatic hydroxyl groups is 1. The number of nitrogens with one attached hydrogen (secondary N) is 4. The van der Waals surface area contributed by atoms with Gasteiger partial charge < -0.3 is 50.7 Å². The monoisotopic (exact) mass is 993 g/mol. The van der Waals surface area contributed by atoms with Crippen LogP contribution in [-0.4, -0.2) is 171 Å². The molecule has 5 N–H and O–H groups in total. The number of esters is 1. The summed E-state index contributed by atoms with van der Waals surface area (Å²) in [5, 5.41) is 21.8. The Hall–Kier alpha value is -6.54. The minimum Gasteiger partial charge on any atom is -0.505 e. The van der Waals surface area contributed by atoms with Gasteiger partial charge in [-0.3, -0.25) is 33.6 Å². The van der Waals surface area contributed by atoms with E-state index < -0.39 is 101 Å². The molecular formula is C51H63N9O10S. The van der Waals surface area contributed by atoms with Crippen LogP contribution in [0.4, 0.5) is 5.69 Å². The normalized spacial score (nSPS) is 30.0. The number of rotatable bonds is 9. The fourth-order valence-corrected chi connectivity index (χ4v) is 12.1. The molecule has 2 bridgehead atoms. The number of likely N-dealkylation sites (N-methyl/N-ethyl adjacent to an activating group) is 1. The van der Waals surface area contributed by atoms with Gasteiger partial charge in [0.15, 0.2) is 11.7 Å². The van der Waals surface area contributed by atoms with Crippen LogP contribution in [0.5, 0.6) is 5.75 Å². The van der Waals surface area contributed by atoms with E-state index in [9.17, 15) is 38.7 Å². The van der Waals surface area contributed by atoms with Crippen LogP contribution in [0.15, 0.2) is 72.9 Å². The predicted molar refractivity (Wildman–Crippen MR) is 263 cm³/mol. The number of cyclic esters (lactones) is 1. The van der Waals surface area contributed by atoms with Crippen LogP contribution < -0.4 is 21.3 Å². The maximum atomic E-state index is 15.6. The zero-order valence-corrected chi connectivity index (χ0v) is 41.3. The standard InChI is InChI=1S/C51H63N9O10S/c1-29-48(66)59-21-9-12-36(59)49(67)57(4)38(24-31-14-16-35(52-3)17-15-31)50(68)60-26-34(28-71-41-27-58-22-18-32(41)19-23-58)40(62)25-37(60)45(63)56-43(33-10-6-5-7-11-33)51(69)70-30(2)42(46(64)54-29)55-47(65)44-39(61)13-8-20-53-44/h5-8,10-11,13-17,20,29-30,32,34,36-38,41-43,52,61H,9,12,18-19,21-28H2,1-4H3,(H,54,64)(H,55,65)(H,56,63)/t29-,30-,34+,36+,37+,38+,41-,42+,43+/m1/s1. The Morgan fingerprint density at radius 1 is 0.831 bits per heavy atom.